The Kier molecular flexibility index (Phi) is 3.94. The Hall–Kier alpha value is -2.11. The topological polar surface area (TPSA) is 112 Å². The minimum absolute atomic E-state index is 0.405. The van der Waals surface area contributed by atoms with Crippen molar-refractivity contribution in [2.75, 3.05) is 0 Å². The number of hydrogen-bond donors (Lipinski definition) is 3. The molecule has 0 heterocycles. The monoisotopic (exact) mass is 186 g/mol. The first-order chi connectivity index (χ1) is 5.93. The predicted molar refractivity (Wildman–Crippen MR) is 40.1 cm³/mol. The maximum absolute atomic E-state index is 10.6. The van der Waals surface area contributed by atoms with E-state index in [4.69, 9.17) is 15.3 Å². The molecule has 0 atom stereocenters. The van der Waals surface area contributed by atoms with Crippen LogP contribution < -0.4 is 0 Å². The van der Waals surface area contributed by atoms with Gasteiger partial charge in [0.15, 0.2) is 5.78 Å². The van der Waals surface area contributed by atoms with Gasteiger partial charge in [-0.2, -0.15) is 0 Å². The number of carboxylic acid groups (broad SMARTS) is 2. The van der Waals surface area contributed by atoms with Crippen molar-refractivity contribution in [3.05, 3.63) is 24.0 Å². The lowest BCUT2D eigenvalue weighted by Crippen LogP contribution is -2.02. The van der Waals surface area contributed by atoms with Gasteiger partial charge in [-0.15, -0.1) is 0 Å². The molecule has 0 aromatic carbocycles. The molecule has 0 saturated carbocycles. The summed E-state index contributed by atoms with van der Waals surface area (Å²) >= 11 is 0. The lowest BCUT2D eigenvalue weighted by Gasteiger charge is -1.87. The van der Waals surface area contributed by atoms with Crippen molar-refractivity contribution in [2.24, 2.45) is 0 Å². The molecule has 0 bridgehead atoms. The summed E-state index contributed by atoms with van der Waals surface area (Å²) < 4.78 is 0. The van der Waals surface area contributed by atoms with Crippen LogP contribution >= 0.6 is 0 Å². The third-order valence-electron chi connectivity index (χ3n) is 0.888. The number of aliphatic hydroxyl groups is 1. The highest BCUT2D eigenvalue weighted by molar-refractivity contribution is 6.05. The van der Waals surface area contributed by atoms with Gasteiger partial charge in [-0.05, 0) is 6.08 Å². The molecule has 0 spiro atoms. The summed E-state index contributed by atoms with van der Waals surface area (Å²) in [6.45, 7) is 0. The number of aliphatic hydroxyl groups excluding tert-OH is 1. The summed E-state index contributed by atoms with van der Waals surface area (Å²) in [5, 5.41) is 24.7. The molecule has 0 amide bonds. The van der Waals surface area contributed by atoms with E-state index in [1.807, 2.05) is 0 Å². The van der Waals surface area contributed by atoms with E-state index in [0.29, 0.717) is 18.2 Å². The molecule has 13 heavy (non-hydrogen) atoms. The molecular weight excluding hydrogens is 180 g/mol. The van der Waals surface area contributed by atoms with E-state index in [0.717, 1.165) is 0 Å². The van der Waals surface area contributed by atoms with E-state index in [9.17, 15) is 14.4 Å². The van der Waals surface area contributed by atoms with Gasteiger partial charge in [-0.1, -0.05) is 0 Å². The highest BCUT2D eigenvalue weighted by Gasteiger charge is 2.05. The molecule has 70 valence electrons. The first kappa shape index (κ1) is 10.9. The number of rotatable bonds is 4. The van der Waals surface area contributed by atoms with Crippen LogP contribution in [0.3, 0.4) is 0 Å². The van der Waals surface area contributed by atoms with Crippen LogP contribution in [-0.2, 0) is 14.4 Å². The smallest absolute Gasteiger partial charge is 0.371 e. The van der Waals surface area contributed by atoms with Crippen molar-refractivity contribution in [3.8, 4) is 0 Å². The fourth-order valence-corrected chi connectivity index (χ4v) is 0.398. The molecule has 0 unspecified atom stereocenters. The minimum atomic E-state index is -1.66. The average Bonchev–Trinajstić information content (AvgIpc) is 2.00. The fourth-order valence-electron chi connectivity index (χ4n) is 0.398. The zero-order valence-electron chi connectivity index (χ0n) is 6.30. The van der Waals surface area contributed by atoms with E-state index in [2.05, 4.69) is 0 Å². The average molecular weight is 186 g/mol. The van der Waals surface area contributed by atoms with E-state index >= 15 is 0 Å². The van der Waals surface area contributed by atoms with Crippen LogP contribution in [0.4, 0.5) is 0 Å². The summed E-state index contributed by atoms with van der Waals surface area (Å²) in [6, 6.07) is 0. The fraction of sp³-hybridized carbons (Fsp3) is 0. The predicted octanol–water partition coefficient (Wildman–Crippen LogP) is -0.277. The van der Waals surface area contributed by atoms with Crippen LogP contribution in [0, 0.1) is 0 Å². The summed E-state index contributed by atoms with van der Waals surface area (Å²) in [5.74, 6) is -5.05. The van der Waals surface area contributed by atoms with Crippen molar-refractivity contribution in [3.63, 3.8) is 0 Å². The Labute approximate surface area is 72.4 Å². The first-order valence-corrected chi connectivity index (χ1v) is 3.02. The molecule has 0 aliphatic carbocycles. The summed E-state index contributed by atoms with van der Waals surface area (Å²) in [7, 11) is 0. The molecule has 6 nitrogen and oxygen atoms in total. The van der Waals surface area contributed by atoms with Gasteiger partial charge in [0.25, 0.3) is 0 Å². The van der Waals surface area contributed by atoms with Crippen molar-refractivity contribution >= 4 is 17.7 Å². The zero-order chi connectivity index (χ0) is 10.4. The highest BCUT2D eigenvalue weighted by atomic mass is 16.4. The highest BCUT2D eigenvalue weighted by Crippen LogP contribution is 1.90. The molecular formula is C7H6O6. The van der Waals surface area contributed by atoms with Gasteiger partial charge in [0.05, 0.1) is 0 Å². The lowest BCUT2D eigenvalue weighted by atomic mass is 10.3. The number of carbonyl (C=O) groups excluding carboxylic acids is 1. The maximum atomic E-state index is 10.6. The summed E-state index contributed by atoms with van der Waals surface area (Å²) in [4.78, 5) is 30.5. The van der Waals surface area contributed by atoms with Crippen molar-refractivity contribution < 1.29 is 29.7 Å². The lowest BCUT2D eigenvalue weighted by molar-refractivity contribution is -0.135. The number of carbonyl (C=O) groups is 3. The van der Waals surface area contributed by atoms with Gasteiger partial charge in [0, 0.05) is 12.2 Å². The van der Waals surface area contributed by atoms with E-state index in [1.54, 1.807) is 0 Å². The number of aliphatic carboxylic acids is 2. The molecule has 3 N–H and O–H groups in total. The first-order valence-electron chi connectivity index (χ1n) is 3.02. The normalized spacial score (nSPS) is 11.5. The standard InChI is InChI=1S/C7H6O6/c8-4(1-2-6(10)11)3-5(9)7(12)13/h1-3,9H,(H,10,11)(H,12,13)/b2-1+,5-3-. The molecule has 6 heteroatoms. The molecule has 0 fully saturated rings. The molecule has 0 radical (unpaired) electrons. The van der Waals surface area contributed by atoms with Crippen LogP contribution in [0.2, 0.25) is 0 Å². The zero-order valence-corrected chi connectivity index (χ0v) is 6.30. The molecule has 0 saturated heterocycles. The molecule has 0 aliphatic rings. The van der Waals surface area contributed by atoms with Crippen LogP contribution in [0.25, 0.3) is 0 Å². The number of allylic oxidation sites excluding steroid dienone is 2. The summed E-state index contributed by atoms with van der Waals surface area (Å²) in [6.07, 6.45) is 1.57. The van der Waals surface area contributed by atoms with Gasteiger partial charge in [0.2, 0.25) is 5.76 Å². The van der Waals surface area contributed by atoms with Crippen molar-refractivity contribution in [2.45, 2.75) is 0 Å². The van der Waals surface area contributed by atoms with E-state index < -0.39 is 23.5 Å². The Balaban J connectivity index is 4.39. The Morgan fingerprint density at radius 2 is 1.46 bits per heavy atom. The quantitative estimate of drug-likeness (QED) is 0.411. The van der Waals surface area contributed by atoms with Crippen LogP contribution in [0.5, 0.6) is 0 Å². The van der Waals surface area contributed by atoms with Crippen molar-refractivity contribution in [1.29, 1.82) is 0 Å². The molecule has 0 aliphatic heterocycles. The molecule has 0 aromatic heterocycles. The number of ketones is 1. The third kappa shape index (κ3) is 5.19. The largest absolute Gasteiger partial charge is 0.502 e. The van der Waals surface area contributed by atoms with Crippen molar-refractivity contribution in [1.82, 2.24) is 0 Å². The minimum Gasteiger partial charge on any atom is -0.502 e. The van der Waals surface area contributed by atoms with Crippen LogP contribution in [-0.4, -0.2) is 33.0 Å². The summed E-state index contributed by atoms with van der Waals surface area (Å²) in [5.41, 5.74) is 0. The second kappa shape index (κ2) is 4.70. The number of hydrogen-bond acceptors (Lipinski definition) is 4. The third-order valence-corrected chi connectivity index (χ3v) is 0.888. The van der Waals surface area contributed by atoms with Crippen LogP contribution in [0.1, 0.15) is 0 Å². The molecule has 0 aromatic rings. The van der Waals surface area contributed by atoms with E-state index in [-0.39, 0.29) is 0 Å². The van der Waals surface area contributed by atoms with Crippen LogP contribution in [0.15, 0.2) is 24.0 Å². The van der Waals surface area contributed by atoms with E-state index in [1.165, 1.54) is 0 Å². The Morgan fingerprint density at radius 1 is 0.923 bits per heavy atom. The Bertz CT molecular complexity index is 298. The molecule has 0 rings (SSSR count). The Morgan fingerprint density at radius 3 is 1.85 bits per heavy atom. The second-order valence-electron chi connectivity index (χ2n) is 1.91. The van der Waals surface area contributed by atoms with Gasteiger partial charge >= 0.3 is 11.9 Å². The number of carboxylic acids is 2. The SMILES string of the molecule is O=C(O)/C=C/C(=O)/C=C(\O)C(=O)O. The van der Waals surface area contributed by atoms with Gasteiger partial charge in [-0.25, -0.2) is 9.59 Å². The van der Waals surface area contributed by atoms with Gasteiger partial charge < -0.3 is 15.3 Å². The second-order valence-corrected chi connectivity index (χ2v) is 1.91. The van der Waals surface area contributed by atoms with Gasteiger partial charge in [0.1, 0.15) is 0 Å². The maximum Gasteiger partial charge on any atom is 0.371 e. The van der Waals surface area contributed by atoms with Gasteiger partial charge in [-0.3, -0.25) is 4.79 Å².